The lowest BCUT2D eigenvalue weighted by Gasteiger charge is -2.36. The number of ether oxygens (including phenoxy) is 1. The summed E-state index contributed by atoms with van der Waals surface area (Å²) in [5.74, 6) is 1.62. The molecule has 1 aliphatic rings. The number of quaternary nitrogens is 1. The highest BCUT2D eigenvalue weighted by molar-refractivity contribution is 5.65. The van der Waals surface area contributed by atoms with Crippen molar-refractivity contribution in [2.45, 2.75) is 6.04 Å². The molecular formula is C28H27N4O2+. The minimum Gasteiger partial charge on any atom is -0.496 e. The van der Waals surface area contributed by atoms with Crippen LogP contribution < -0.4 is 14.5 Å². The lowest BCUT2D eigenvalue weighted by molar-refractivity contribution is -0.926. The topological polar surface area (TPSA) is 66.7 Å². The molecule has 0 atom stereocenters. The SMILES string of the molecule is COc1ccccc1-c1nc(C#N)c(N2CC[NH+](C(c3ccccc3)c3ccccc3)CC2)o1. The van der Waals surface area contributed by atoms with Crippen LogP contribution in [0.1, 0.15) is 22.9 Å². The van der Waals surface area contributed by atoms with Crippen molar-refractivity contribution in [3.8, 4) is 23.3 Å². The number of nitriles is 1. The van der Waals surface area contributed by atoms with E-state index in [1.54, 1.807) is 7.11 Å². The zero-order chi connectivity index (χ0) is 23.3. The number of anilines is 1. The van der Waals surface area contributed by atoms with Crippen molar-refractivity contribution < 1.29 is 14.1 Å². The van der Waals surface area contributed by atoms with E-state index in [0.29, 0.717) is 23.2 Å². The van der Waals surface area contributed by atoms with Gasteiger partial charge < -0.3 is 19.0 Å². The molecule has 1 fully saturated rings. The molecule has 3 aromatic carbocycles. The first kappa shape index (κ1) is 21.7. The van der Waals surface area contributed by atoms with Crippen molar-refractivity contribution in [2.75, 3.05) is 38.2 Å². The molecule has 0 radical (unpaired) electrons. The van der Waals surface area contributed by atoms with Crippen LogP contribution in [0.2, 0.25) is 0 Å². The van der Waals surface area contributed by atoms with Crippen LogP contribution in [-0.4, -0.2) is 38.3 Å². The maximum Gasteiger partial charge on any atom is 0.235 e. The molecule has 0 spiro atoms. The smallest absolute Gasteiger partial charge is 0.235 e. The third-order valence-corrected chi connectivity index (χ3v) is 6.42. The van der Waals surface area contributed by atoms with Crippen LogP contribution in [-0.2, 0) is 0 Å². The van der Waals surface area contributed by atoms with Gasteiger partial charge in [-0.3, -0.25) is 0 Å². The maximum atomic E-state index is 9.74. The van der Waals surface area contributed by atoms with Crippen molar-refractivity contribution in [1.29, 1.82) is 5.26 Å². The summed E-state index contributed by atoms with van der Waals surface area (Å²) >= 11 is 0. The van der Waals surface area contributed by atoms with E-state index in [0.717, 1.165) is 31.7 Å². The molecule has 6 nitrogen and oxygen atoms in total. The Morgan fingerprint density at radius 1 is 0.912 bits per heavy atom. The molecule has 0 bridgehead atoms. The van der Waals surface area contributed by atoms with Crippen molar-refractivity contribution in [3.63, 3.8) is 0 Å². The van der Waals surface area contributed by atoms with Crippen molar-refractivity contribution in [3.05, 3.63) is 102 Å². The van der Waals surface area contributed by atoms with Crippen molar-refractivity contribution >= 4 is 5.88 Å². The summed E-state index contributed by atoms with van der Waals surface area (Å²) in [6.45, 7) is 3.40. The summed E-state index contributed by atoms with van der Waals surface area (Å²) in [4.78, 5) is 8.11. The van der Waals surface area contributed by atoms with Gasteiger partial charge in [0.1, 0.15) is 17.9 Å². The van der Waals surface area contributed by atoms with E-state index in [9.17, 15) is 5.26 Å². The van der Waals surface area contributed by atoms with Gasteiger partial charge in [0, 0.05) is 11.1 Å². The van der Waals surface area contributed by atoms with Crippen LogP contribution in [0.5, 0.6) is 5.75 Å². The zero-order valence-electron chi connectivity index (χ0n) is 19.1. The average molecular weight is 452 g/mol. The second-order valence-electron chi connectivity index (χ2n) is 8.38. The predicted molar refractivity (Wildman–Crippen MR) is 131 cm³/mol. The largest absolute Gasteiger partial charge is 0.496 e. The molecule has 0 amide bonds. The van der Waals surface area contributed by atoms with Gasteiger partial charge >= 0.3 is 0 Å². The van der Waals surface area contributed by atoms with Gasteiger partial charge in [-0.05, 0) is 12.1 Å². The summed E-state index contributed by atoms with van der Waals surface area (Å²) in [6.07, 6.45) is 0. The van der Waals surface area contributed by atoms with Gasteiger partial charge in [0.25, 0.3) is 0 Å². The van der Waals surface area contributed by atoms with E-state index in [4.69, 9.17) is 9.15 Å². The number of rotatable bonds is 6. The normalized spacial score (nSPS) is 14.2. The molecule has 6 heteroatoms. The molecule has 2 heterocycles. The van der Waals surface area contributed by atoms with E-state index in [-0.39, 0.29) is 6.04 Å². The first-order valence-corrected chi connectivity index (χ1v) is 11.5. The lowest BCUT2D eigenvalue weighted by atomic mass is 9.96. The average Bonchev–Trinajstić information content (AvgIpc) is 3.35. The molecule has 0 unspecified atom stereocenters. The van der Waals surface area contributed by atoms with Crippen LogP contribution in [0.15, 0.2) is 89.3 Å². The van der Waals surface area contributed by atoms with E-state index in [2.05, 4.69) is 76.6 Å². The quantitative estimate of drug-likeness (QED) is 0.484. The number of hydrogen-bond acceptors (Lipinski definition) is 5. The maximum absolute atomic E-state index is 9.74. The second-order valence-corrected chi connectivity index (χ2v) is 8.38. The van der Waals surface area contributed by atoms with Crippen LogP contribution >= 0.6 is 0 Å². The molecule has 0 aliphatic carbocycles. The van der Waals surface area contributed by atoms with Crippen LogP contribution in [0, 0.1) is 11.3 Å². The third-order valence-electron chi connectivity index (χ3n) is 6.42. The number of oxazole rings is 1. The highest BCUT2D eigenvalue weighted by Gasteiger charge is 2.32. The summed E-state index contributed by atoms with van der Waals surface area (Å²) in [5, 5.41) is 9.74. The molecule has 5 rings (SSSR count). The summed E-state index contributed by atoms with van der Waals surface area (Å²) in [5.41, 5.74) is 3.68. The first-order chi connectivity index (χ1) is 16.8. The Morgan fingerprint density at radius 3 is 2.09 bits per heavy atom. The molecule has 1 aromatic heterocycles. The number of benzene rings is 3. The summed E-state index contributed by atoms with van der Waals surface area (Å²) < 4.78 is 11.6. The molecule has 1 N–H and O–H groups in total. The van der Waals surface area contributed by atoms with Gasteiger partial charge in [-0.15, -0.1) is 0 Å². The van der Waals surface area contributed by atoms with Crippen LogP contribution in [0.3, 0.4) is 0 Å². The highest BCUT2D eigenvalue weighted by Crippen LogP contribution is 2.33. The van der Waals surface area contributed by atoms with Crippen LogP contribution in [0.4, 0.5) is 5.88 Å². The number of methoxy groups -OCH3 is 1. The van der Waals surface area contributed by atoms with E-state index in [1.807, 2.05) is 24.3 Å². The van der Waals surface area contributed by atoms with E-state index in [1.165, 1.54) is 16.0 Å². The fourth-order valence-corrected chi connectivity index (χ4v) is 4.78. The van der Waals surface area contributed by atoms with Crippen molar-refractivity contribution in [1.82, 2.24) is 4.98 Å². The number of hydrogen-bond donors (Lipinski definition) is 1. The van der Waals surface area contributed by atoms with Crippen molar-refractivity contribution in [2.24, 2.45) is 0 Å². The Labute approximate surface area is 199 Å². The number of aromatic nitrogens is 1. The molecule has 1 aliphatic heterocycles. The lowest BCUT2D eigenvalue weighted by Crippen LogP contribution is -3.15. The molecule has 1 saturated heterocycles. The summed E-state index contributed by atoms with van der Waals surface area (Å²) in [7, 11) is 1.62. The molecule has 4 aromatic rings. The predicted octanol–water partition coefficient (Wildman–Crippen LogP) is 3.72. The second kappa shape index (κ2) is 9.82. The fraction of sp³-hybridized carbons (Fsp3) is 0.214. The number of piperazine rings is 1. The summed E-state index contributed by atoms with van der Waals surface area (Å²) in [6, 6.07) is 31.4. The Kier molecular flexibility index (Phi) is 6.28. The van der Waals surface area contributed by atoms with Gasteiger partial charge in [-0.1, -0.05) is 72.8 Å². The highest BCUT2D eigenvalue weighted by atomic mass is 16.5. The van der Waals surface area contributed by atoms with E-state index < -0.39 is 0 Å². The fourth-order valence-electron chi connectivity index (χ4n) is 4.78. The van der Waals surface area contributed by atoms with Gasteiger partial charge in [-0.25, -0.2) is 0 Å². The monoisotopic (exact) mass is 451 g/mol. The Hall–Kier alpha value is -4.08. The Balaban J connectivity index is 1.39. The van der Waals surface area contributed by atoms with Gasteiger partial charge in [0.15, 0.2) is 0 Å². The minimum atomic E-state index is 0.263. The number of nitrogens with zero attached hydrogens (tertiary/aromatic N) is 3. The van der Waals surface area contributed by atoms with Gasteiger partial charge in [-0.2, -0.15) is 10.2 Å². The third kappa shape index (κ3) is 4.26. The minimum absolute atomic E-state index is 0.263. The zero-order valence-corrected chi connectivity index (χ0v) is 19.1. The van der Waals surface area contributed by atoms with E-state index >= 15 is 0 Å². The first-order valence-electron chi connectivity index (χ1n) is 11.5. The standard InChI is InChI=1S/C28H26N4O2/c1-33-25-15-9-8-14-23(25)27-30-24(20-29)28(34-27)32-18-16-31(17-19-32)26(21-10-4-2-5-11-21)22-12-6-3-7-13-22/h2-15,26H,16-19H2,1H3/p+1. The Bertz CT molecular complexity index is 1230. The molecule has 170 valence electrons. The Morgan fingerprint density at radius 2 is 1.50 bits per heavy atom. The van der Waals surface area contributed by atoms with Crippen LogP contribution in [0.25, 0.3) is 11.5 Å². The molecule has 34 heavy (non-hydrogen) atoms. The number of para-hydroxylation sites is 1. The molecule has 0 saturated carbocycles. The van der Waals surface area contributed by atoms with Gasteiger partial charge in [0.2, 0.25) is 17.5 Å². The number of nitrogens with one attached hydrogen (secondary N) is 1. The molecular weight excluding hydrogens is 424 g/mol. The van der Waals surface area contributed by atoms with Gasteiger partial charge in [0.05, 0.1) is 38.9 Å².